The number of hydrogen-bond acceptors (Lipinski definition) is 2. The van der Waals surface area contributed by atoms with Crippen LogP contribution in [0.3, 0.4) is 0 Å². The molecule has 3 nitrogen and oxygen atoms in total. The van der Waals surface area contributed by atoms with Gasteiger partial charge in [-0.1, -0.05) is 15.9 Å². The Hall–Kier alpha value is -0.0900. The predicted molar refractivity (Wildman–Crippen MR) is 62.0 cm³/mol. The standard InChI is InChI=1S/C11H18BrNO2/c12-7-9-1-4-13(5-2-9)11(14)10-3-6-15-8-10/h9-10H,1-8H2. The summed E-state index contributed by atoms with van der Waals surface area (Å²) in [5.41, 5.74) is 0. The van der Waals surface area contributed by atoms with E-state index in [-0.39, 0.29) is 5.92 Å². The summed E-state index contributed by atoms with van der Waals surface area (Å²) in [5.74, 6) is 1.22. The number of nitrogens with zero attached hydrogens (tertiary/aromatic N) is 1. The number of carbonyl (C=O) groups excluding carboxylic acids is 1. The van der Waals surface area contributed by atoms with E-state index < -0.39 is 0 Å². The van der Waals surface area contributed by atoms with Crippen molar-refractivity contribution < 1.29 is 9.53 Å². The third-order valence-corrected chi connectivity index (χ3v) is 4.34. The van der Waals surface area contributed by atoms with E-state index in [0.29, 0.717) is 12.5 Å². The van der Waals surface area contributed by atoms with Crippen LogP contribution in [0, 0.1) is 11.8 Å². The maximum Gasteiger partial charge on any atom is 0.228 e. The Bertz CT molecular complexity index is 221. The van der Waals surface area contributed by atoms with Gasteiger partial charge in [0.25, 0.3) is 0 Å². The van der Waals surface area contributed by atoms with E-state index in [4.69, 9.17) is 4.74 Å². The summed E-state index contributed by atoms with van der Waals surface area (Å²) < 4.78 is 5.26. The van der Waals surface area contributed by atoms with Gasteiger partial charge < -0.3 is 9.64 Å². The maximum atomic E-state index is 12.0. The van der Waals surface area contributed by atoms with Crippen molar-refractivity contribution in [2.24, 2.45) is 11.8 Å². The Labute approximate surface area is 99.3 Å². The topological polar surface area (TPSA) is 29.5 Å². The fraction of sp³-hybridized carbons (Fsp3) is 0.909. The van der Waals surface area contributed by atoms with Crippen molar-refractivity contribution in [3.05, 3.63) is 0 Å². The van der Waals surface area contributed by atoms with Gasteiger partial charge in [-0.25, -0.2) is 0 Å². The van der Waals surface area contributed by atoms with Crippen LogP contribution in [-0.2, 0) is 9.53 Å². The molecular weight excluding hydrogens is 258 g/mol. The molecule has 0 aromatic carbocycles. The van der Waals surface area contributed by atoms with E-state index in [9.17, 15) is 4.79 Å². The van der Waals surface area contributed by atoms with Crippen molar-refractivity contribution in [2.45, 2.75) is 19.3 Å². The minimum atomic E-state index is 0.144. The molecule has 2 aliphatic heterocycles. The fourth-order valence-electron chi connectivity index (χ4n) is 2.30. The molecule has 0 spiro atoms. The van der Waals surface area contributed by atoms with Crippen molar-refractivity contribution in [1.82, 2.24) is 4.90 Å². The van der Waals surface area contributed by atoms with Gasteiger partial charge in [0.05, 0.1) is 12.5 Å². The minimum absolute atomic E-state index is 0.144. The fourth-order valence-corrected chi connectivity index (χ4v) is 2.94. The summed E-state index contributed by atoms with van der Waals surface area (Å²) in [6, 6.07) is 0. The van der Waals surface area contributed by atoms with Gasteiger partial charge in [0, 0.05) is 25.0 Å². The first kappa shape index (κ1) is 11.4. The summed E-state index contributed by atoms with van der Waals surface area (Å²) in [5, 5.41) is 1.07. The Morgan fingerprint density at radius 3 is 2.60 bits per heavy atom. The monoisotopic (exact) mass is 275 g/mol. The van der Waals surface area contributed by atoms with Crippen LogP contribution in [0.25, 0.3) is 0 Å². The van der Waals surface area contributed by atoms with E-state index in [0.717, 1.165) is 50.2 Å². The van der Waals surface area contributed by atoms with Gasteiger partial charge in [-0.2, -0.15) is 0 Å². The van der Waals surface area contributed by atoms with Crippen LogP contribution in [0.4, 0.5) is 0 Å². The molecule has 2 aliphatic rings. The number of rotatable bonds is 2. The summed E-state index contributed by atoms with van der Waals surface area (Å²) in [6.45, 7) is 3.27. The lowest BCUT2D eigenvalue weighted by molar-refractivity contribution is -0.136. The Morgan fingerprint density at radius 2 is 2.07 bits per heavy atom. The van der Waals surface area contributed by atoms with Gasteiger partial charge in [-0.3, -0.25) is 4.79 Å². The third-order valence-electron chi connectivity index (χ3n) is 3.42. The first-order valence-electron chi connectivity index (χ1n) is 5.73. The average Bonchev–Trinajstić information content (AvgIpc) is 2.82. The van der Waals surface area contributed by atoms with Crippen molar-refractivity contribution in [2.75, 3.05) is 31.6 Å². The van der Waals surface area contributed by atoms with E-state index >= 15 is 0 Å². The summed E-state index contributed by atoms with van der Waals surface area (Å²) in [7, 11) is 0. The largest absolute Gasteiger partial charge is 0.381 e. The van der Waals surface area contributed by atoms with Gasteiger partial charge in [-0.15, -0.1) is 0 Å². The molecule has 0 N–H and O–H groups in total. The first-order valence-corrected chi connectivity index (χ1v) is 6.86. The molecule has 0 aromatic heterocycles. The zero-order valence-electron chi connectivity index (χ0n) is 8.95. The normalized spacial score (nSPS) is 28.3. The molecule has 1 atom stereocenters. The quantitative estimate of drug-likeness (QED) is 0.718. The summed E-state index contributed by atoms with van der Waals surface area (Å²) in [6.07, 6.45) is 3.20. The van der Waals surface area contributed by atoms with Gasteiger partial charge in [0.1, 0.15) is 0 Å². The number of alkyl halides is 1. The van der Waals surface area contributed by atoms with Crippen LogP contribution in [-0.4, -0.2) is 42.4 Å². The average molecular weight is 276 g/mol. The molecule has 1 unspecified atom stereocenters. The molecule has 15 heavy (non-hydrogen) atoms. The second kappa shape index (κ2) is 5.30. The van der Waals surface area contributed by atoms with Crippen LogP contribution in [0.5, 0.6) is 0 Å². The molecule has 2 rings (SSSR count). The van der Waals surface area contributed by atoms with E-state index in [1.165, 1.54) is 0 Å². The van der Waals surface area contributed by atoms with Gasteiger partial charge >= 0.3 is 0 Å². The van der Waals surface area contributed by atoms with Crippen molar-refractivity contribution in [3.8, 4) is 0 Å². The number of hydrogen-bond donors (Lipinski definition) is 0. The molecule has 0 saturated carbocycles. The van der Waals surface area contributed by atoms with Crippen molar-refractivity contribution in [1.29, 1.82) is 0 Å². The summed E-state index contributed by atoms with van der Waals surface area (Å²) >= 11 is 3.51. The number of amides is 1. The molecule has 2 heterocycles. The van der Waals surface area contributed by atoms with Gasteiger partial charge in [0.2, 0.25) is 5.91 Å². The Balaban J connectivity index is 1.81. The zero-order valence-corrected chi connectivity index (χ0v) is 10.5. The highest BCUT2D eigenvalue weighted by molar-refractivity contribution is 9.09. The SMILES string of the molecule is O=C(C1CCOC1)N1CCC(CBr)CC1. The second-order valence-corrected chi connectivity index (χ2v) is 5.13. The number of ether oxygens (including phenoxy) is 1. The minimum Gasteiger partial charge on any atom is -0.381 e. The number of carbonyl (C=O) groups is 1. The molecule has 86 valence electrons. The Kier molecular flexibility index (Phi) is 4.03. The van der Waals surface area contributed by atoms with E-state index in [2.05, 4.69) is 15.9 Å². The van der Waals surface area contributed by atoms with Crippen molar-refractivity contribution >= 4 is 21.8 Å². The molecule has 0 aliphatic carbocycles. The first-order chi connectivity index (χ1) is 7.31. The maximum absolute atomic E-state index is 12.0. The van der Waals surface area contributed by atoms with Gasteiger partial charge in [0.15, 0.2) is 0 Å². The van der Waals surface area contributed by atoms with Gasteiger partial charge in [-0.05, 0) is 25.2 Å². The number of likely N-dealkylation sites (tertiary alicyclic amines) is 1. The summed E-state index contributed by atoms with van der Waals surface area (Å²) in [4.78, 5) is 14.1. The highest BCUT2D eigenvalue weighted by Crippen LogP contribution is 2.22. The highest BCUT2D eigenvalue weighted by Gasteiger charge is 2.30. The number of halogens is 1. The molecular formula is C11H18BrNO2. The predicted octanol–water partition coefficient (Wildman–Crippen LogP) is 1.66. The third kappa shape index (κ3) is 2.72. The molecule has 0 aromatic rings. The lowest BCUT2D eigenvalue weighted by atomic mass is 9.97. The zero-order chi connectivity index (χ0) is 10.7. The Morgan fingerprint density at radius 1 is 1.33 bits per heavy atom. The smallest absolute Gasteiger partial charge is 0.228 e. The molecule has 4 heteroatoms. The molecule has 2 fully saturated rings. The molecule has 2 saturated heterocycles. The van der Waals surface area contributed by atoms with E-state index in [1.54, 1.807) is 0 Å². The lowest BCUT2D eigenvalue weighted by Crippen LogP contribution is -2.42. The molecule has 1 amide bonds. The molecule has 0 radical (unpaired) electrons. The lowest BCUT2D eigenvalue weighted by Gasteiger charge is -2.32. The van der Waals surface area contributed by atoms with Crippen LogP contribution in [0.1, 0.15) is 19.3 Å². The van der Waals surface area contributed by atoms with Crippen LogP contribution in [0.2, 0.25) is 0 Å². The van der Waals surface area contributed by atoms with Crippen LogP contribution < -0.4 is 0 Å². The van der Waals surface area contributed by atoms with Crippen LogP contribution >= 0.6 is 15.9 Å². The highest BCUT2D eigenvalue weighted by atomic mass is 79.9. The second-order valence-electron chi connectivity index (χ2n) is 4.48. The van der Waals surface area contributed by atoms with E-state index in [1.807, 2.05) is 4.90 Å². The van der Waals surface area contributed by atoms with Crippen molar-refractivity contribution in [3.63, 3.8) is 0 Å². The molecule has 0 bridgehead atoms. The number of piperidine rings is 1. The van der Waals surface area contributed by atoms with Crippen LogP contribution in [0.15, 0.2) is 0 Å².